The number of carbonyl (C=O) groups excluding carboxylic acids is 3. The van der Waals surface area contributed by atoms with Gasteiger partial charge in [-0.2, -0.15) is 0 Å². The third kappa shape index (κ3) is 6.07. The van der Waals surface area contributed by atoms with Gasteiger partial charge in [-0.3, -0.25) is 0 Å². The van der Waals surface area contributed by atoms with Crippen LogP contribution in [0, 0.1) is 0 Å². The van der Waals surface area contributed by atoms with E-state index in [0.717, 1.165) is 5.56 Å². The first-order valence-corrected chi connectivity index (χ1v) is 9.37. The Hall–Kier alpha value is -3.35. The molecule has 2 aromatic carbocycles. The van der Waals surface area contributed by atoms with Crippen LogP contribution in [0.25, 0.3) is 11.1 Å². The fourth-order valence-corrected chi connectivity index (χ4v) is 2.59. The van der Waals surface area contributed by atoms with Crippen molar-refractivity contribution in [3.63, 3.8) is 0 Å². The van der Waals surface area contributed by atoms with Crippen LogP contribution in [0.4, 0.5) is 0 Å². The minimum absolute atomic E-state index is 0.185. The Morgan fingerprint density at radius 3 is 2.00 bits per heavy atom. The maximum absolute atomic E-state index is 12.4. The molecule has 154 valence electrons. The zero-order valence-corrected chi connectivity index (χ0v) is 16.7. The molecular weight excluding hydrogens is 376 g/mol. The van der Waals surface area contributed by atoms with E-state index in [1.54, 1.807) is 57.2 Å². The Bertz CT molecular complexity index is 856. The highest BCUT2D eigenvalue weighted by Crippen LogP contribution is 2.28. The monoisotopic (exact) mass is 400 g/mol. The lowest BCUT2D eigenvalue weighted by molar-refractivity contribution is -0.145. The molecule has 2 aromatic rings. The molecule has 0 heterocycles. The minimum atomic E-state index is -0.531. The Morgan fingerprint density at radius 2 is 1.38 bits per heavy atom. The number of hydrogen-bond acceptors (Lipinski definition) is 7. The number of rotatable bonds is 9. The van der Waals surface area contributed by atoms with E-state index in [0.29, 0.717) is 17.9 Å². The van der Waals surface area contributed by atoms with Crippen molar-refractivity contribution in [1.29, 1.82) is 0 Å². The molecule has 0 saturated carbocycles. The molecule has 0 amide bonds. The lowest BCUT2D eigenvalue weighted by Crippen LogP contribution is -2.14. The van der Waals surface area contributed by atoms with Crippen molar-refractivity contribution in [3.8, 4) is 16.9 Å². The van der Waals surface area contributed by atoms with Crippen LogP contribution in [0.15, 0.2) is 42.5 Å². The van der Waals surface area contributed by atoms with Gasteiger partial charge in [0.15, 0.2) is 6.61 Å². The number of benzene rings is 2. The summed E-state index contributed by atoms with van der Waals surface area (Å²) in [5.41, 5.74) is 1.87. The minimum Gasteiger partial charge on any atom is -0.482 e. The third-order valence-corrected chi connectivity index (χ3v) is 3.85. The van der Waals surface area contributed by atoms with Crippen LogP contribution in [0.1, 0.15) is 41.5 Å². The summed E-state index contributed by atoms with van der Waals surface area (Å²) in [6.45, 7) is 5.70. The van der Waals surface area contributed by atoms with Gasteiger partial charge in [-0.25, -0.2) is 14.4 Å². The van der Waals surface area contributed by atoms with Gasteiger partial charge < -0.3 is 18.9 Å². The second kappa shape index (κ2) is 10.8. The molecule has 0 unspecified atom stereocenters. The molecule has 0 saturated heterocycles. The molecule has 7 heteroatoms. The van der Waals surface area contributed by atoms with Gasteiger partial charge in [-0.05, 0) is 56.2 Å². The first-order chi connectivity index (χ1) is 14.0. The Morgan fingerprint density at radius 1 is 0.759 bits per heavy atom. The quantitative estimate of drug-likeness (QED) is 0.469. The molecule has 7 nitrogen and oxygen atoms in total. The maximum atomic E-state index is 12.4. The first-order valence-electron chi connectivity index (χ1n) is 9.37. The van der Waals surface area contributed by atoms with E-state index in [4.69, 9.17) is 18.9 Å². The average Bonchev–Trinajstić information content (AvgIpc) is 2.73. The molecule has 0 N–H and O–H groups in total. The summed E-state index contributed by atoms with van der Waals surface area (Å²) >= 11 is 0. The van der Waals surface area contributed by atoms with E-state index in [1.807, 2.05) is 0 Å². The zero-order valence-electron chi connectivity index (χ0n) is 16.7. The number of carbonyl (C=O) groups is 3. The van der Waals surface area contributed by atoms with Gasteiger partial charge in [0.1, 0.15) is 5.75 Å². The van der Waals surface area contributed by atoms with Gasteiger partial charge >= 0.3 is 17.9 Å². The van der Waals surface area contributed by atoms with Crippen LogP contribution in [0.2, 0.25) is 0 Å². The SMILES string of the molecule is CCOC(=O)COc1ccc(-c2ccc(C(=O)OCC)cc2C(=O)OCC)cc1. The van der Waals surface area contributed by atoms with Gasteiger partial charge in [0.2, 0.25) is 0 Å². The highest BCUT2D eigenvalue weighted by atomic mass is 16.6. The highest BCUT2D eigenvalue weighted by molar-refractivity contribution is 6.01. The van der Waals surface area contributed by atoms with Gasteiger partial charge in [-0.15, -0.1) is 0 Å². The Kier molecular flexibility index (Phi) is 8.21. The van der Waals surface area contributed by atoms with Crippen LogP contribution in [0.3, 0.4) is 0 Å². The maximum Gasteiger partial charge on any atom is 0.344 e. The number of ether oxygens (including phenoxy) is 4. The van der Waals surface area contributed by atoms with E-state index in [2.05, 4.69) is 0 Å². The van der Waals surface area contributed by atoms with Crippen molar-refractivity contribution in [3.05, 3.63) is 53.6 Å². The van der Waals surface area contributed by atoms with Gasteiger partial charge in [-0.1, -0.05) is 18.2 Å². The second-order valence-corrected chi connectivity index (χ2v) is 5.82. The van der Waals surface area contributed by atoms with Gasteiger partial charge in [0.25, 0.3) is 0 Å². The zero-order chi connectivity index (χ0) is 21.2. The van der Waals surface area contributed by atoms with Crippen LogP contribution in [-0.2, 0) is 19.0 Å². The van der Waals surface area contributed by atoms with E-state index in [9.17, 15) is 14.4 Å². The summed E-state index contributed by atoms with van der Waals surface area (Å²) in [5.74, 6) is -0.998. The molecule has 0 atom stereocenters. The van der Waals surface area contributed by atoms with Crippen LogP contribution < -0.4 is 4.74 Å². The van der Waals surface area contributed by atoms with Crippen molar-refractivity contribution >= 4 is 17.9 Å². The average molecular weight is 400 g/mol. The van der Waals surface area contributed by atoms with Crippen molar-refractivity contribution in [1.82, 2.24) is 0 Å². The number of esters is 3. The Labute approximate surface area is 169 Å². The largest absolute Gasteiger partial charge is 0.482 e. The van der Waals surface area contributed by atoms with Crippen molar-refractivity contribution in [2.75, 3.05) is 26.4 Å². The summed E-state index contributed by atoms with van der Waals surface area (Å²) in [5, 5.41) is 0. The molecule has 2 rings (SSSR count). The van der Waals surface area contributed by atoms with Crippen LogP contribution in [-0.4, -0.2) is 44.3 Å². The molecule has 0 aromatic heterocycles. The summed E-state index contributed by atoms with van der Waals surface area (Å²) in [7, 11) is 0. The molecule has 0 aliphatic heterocycles. The lowest BCUT2D eigenvalue weighted by atomic mass is 9.97. The van der Waals surface area contributed by atoms with E-state index >= 15 is 0 Å². The number of hydrogen-bond donors (Lipinski definition) is 0. The normalized spacial score (nSPS) is 10.2. The molecule has 0 spiro atoms. The van der Waals surface area contributed by atoms with Gasteiger partial charge in [0, 0.05) is 0 Å². The summed E-state index contributed by atoms with van der Waals surface area (Å²) in [6, 6.07) is 11.6. The van der Waals surface area contributed by atoms with Crippen LogP contribution in [0.5, 0.6) is 5.75 Å². The van der Waals surface area contributed by atoms with Crippen molar-refractivity contribution < 1.29 is 33.3 Å². The van der Waals surface area contributed by atoms with E-state index in [-0.39, 0.29) is 30.9 Å². The Balaban J connectivity index is 2.28. The molecule has 0 aliphatic carbocycles. The molecule has 0 aliphatic rings. The van der Waals surface area contributed by atoms with Crippen LogP contribution >= 0.6 is 0 Å². The highest BCUT2D eigenvalue weighted by Gasteiger charge is 2.18. The molecule has 0 radical (unpaired) electrons. The second-order valence-electron chi connectivity index (χ2n) is 5.82. The summed E-state index contributed by atoms with van der Waals surface area (Å²) in [6.07, 6.45) is 0. The van der Waals surface area contributed by atoms with Crippen molar-refractivity contribution in [2.24, 2.45) is 0 Å². The predicted octanol–water partition coefficient (Wildman–Crippen LogP) is 3.65. The topological polar surface area (TPSA) is 88.1 Å². The molecular formula is C22H24O7. The predicted molar refractivity (Wildman–Crippen MR) is 106 cm³/mol. The summed E-state index contributed by atoms with van der Waals surface area (Å²) < 4.78 is 20.3. The fraction of sp³-hybridized carbons (Fsp3) is 0.318. The lowest BCUT2D eigenvalue weighted by Gasteiger charge is -2.12. The standard InChI is InChI=1S/C22H24O7/c1-4-26-20(23)14-29-17-10-7-15(8-11-17)18-12-9-16(21(24)27-5-2)13-19(18)22(25)28-6-3/h7-13H,4-6,14H2,1-3H3. The molecule has 29 heavy (non-hydrogen) atoms. The van der Waals surface area contributed by atoms with Crippen molar-refractivity contribution in [2.45, 2.75) is 20.8 Å². The molecule has 0 fully saturated rings. The van der Waals surface area contributed by atoms with Gasteiger partial charge in [0.05, 0.1) is 30.9 Å². The van der Waals surface area contributed by atoms with E-state index in [1.165, 1.54) is 6.07 Å². The third-order valence-electron chi connectivity index (χ3n) is 3.85. The molecule has 0 bridgehead atoms. The summed E-state index contributed by atoms with van der Waals surface area (Å²) in [4.78, 5) is 35.8. The fourth-order valence-electron chi connectivity index (χ4n) is 2.59. The van der Waals surface area contributed by atoms with E-state index < -0.39 is 17.9 Å². The smallest absolute Gasteiger partial charge is 0.344 e. The first kappa shape index (κ1) is 21.9.